The lowest BCUT2D eigenvalue weighted by atomic mass is 9.82. The van der Waals surface area contributed by atoms with Crippen LogP contribution in [0.4, 0.5) is 5.82 Å². The average molecular weight is 832 g/mol. The summed E-state index contributed by atoms with van der Waals surface area (Å²) >= 11 is 0. The fourth-order valence-corrected chi connectivity index (χ4v) is 8.83. The number of piperidine rings is 2. The molecule has 0 bridgehead atoms. The van der Waals surface area contributed by atoms with Crippen molar-refractivity contribution in [2.24, 2.45) is 29.6 Å². The van der Waals surface area contributed by atoms with Crippen molar-refractivity contribution in [3.05, 3.63) is 54.1 Å². The van der Waals surface area contributed by atoms with Crippen molar-refractivity contribution in [1.29, 1.82) is 0 Å². The predicted octanol–water partition coefficient (Wildman–Crippen LogP) is 5.39. The summed E-state index contributed by atoms with van der Waals surface area (Å²) in [7, 11) is 0. The van der Waals surface area contributed by atoms with Crippen molar-refractivity contribution >= 4 is 17.6 Å². The molecule has 15 nitrogen and oxygen atoms in total. The maximum absolute atomic E-state index is 13.8. The summed E-state index contributed by atoms with van der Waals surface area (Å²) in [5.74, 6) is 3.05. The molecule has 7 N–H and O–H groups in total. The molecule has 0 radical (unpaired) electrons. The van der Waals surface area contributed by atoms with Gasteiger partial charge in [-0.25, -0.2) is 0 Å². The number of benzene rings is 1. The van der Waals surface area contributed by atoms with Gasteiger partial charge in [0.25, 0.3) is 0 Å². The second kappa shape index (κ2) is 20.3. The van der Waals surface area contributed by atoms with Crippen molar-refractivity contribution < 1.29 is 38.9 Å². The van der Waals surface area contributed by atoms with Gasteiger partial charge in [0.1, 0.15) is 41.0 Å². The van der Waals surface area contributed by atoms with Gasteiger partial charge in [0.2, 0.25) is 6.29 Å². The normalized spacial score (nSPS) is 24.2. The molecule has 3 aliphatic heterocycles. The van der Waals surface area contributed by atoms with Crippen LogP contribution in [-0.2, 0) is 28.6 Å². The largest absolute Gasteiger partial charge is 0.507 e. The third kappa shape index (κ3) is 12.3. The van der Waals surface area contributed by atoms with E-state index in [2.05, 4.69) is 48.6 Å². The van der Waals surface area contributed by atoms with E-state index in [0.29, 0.717) is 41.3 Å². The first-order valence-electron chi connectivity index (χ1n) is 21.5. The summed E-state index contributed by atoms with van der Waals surface area (Å²) in [4.78, 5) is 42.0. The Balaban J connectivity index is 0.911. The number of H-pyrrole nitrogens is 2. The lowest BCUT2D eigenvalue weighted by molar-refractivity contribution is -0.161. The third-order valence-electron chi connectivity index (χ3n) is 11.9. The number of hydroxylamine groups is 1. The van der Waals surface area contributed by atoms with Crippen molar-refractivity contribution in [3.8, 4) is 29.0 Å². The number of phenols is 1. The number of allylic oxidation sites excluding steroid dienone is 1. The Morgan fingerprint density at radius 3 is 2.47 bits per heavy atom. The Hall–Kier alpha value is -4.59. The van der Waals surface area contributed by atoms with E-state index in [1.165, 1.54) is 6.20 Å². The van der Waals surface area contributed by atoms with E-state index in [4.69, 9.17) is 24.8 Å². The van der Waals surface area contributed by atoms with E-state index in [1.807, 2.05) is 47.6 Å². The number of aromatic amines is 2. The summed E-state index contributed by atoms with van der Waals surface area (Å²) in [6.07, 6.45) is 11.7. The molecule has 15 heteroatoms. The van der Waals surface area contributed by atoms with Gasteiger partial charge in [-0.15, -0.1) is 5.48 Å². The number of hydrogen-bond donors (Lipinski definition) is 6. The highest BCUT2D eigenvalue weighted by Crippen LogP contribution is 2.39. The molecule has 2 aromatic rings. The number of ketones is 1. The molecule has 6 atom stereocenters. The van der Waals surface area contributed by atoms with Crippen LogP contribution in [0.25, 0.3) is 11.3 Å². The van der Waals surface area contributed by atoms with Crippen LogP contribution in [0.3, 0.4) is 0 Å². The van der Waals surface area contributed by atoms with Gasteiger partial charge in [-0.1, -0.05) is 26.0 Å². The number of carbonyl (C=O) groups excluding carboxylic acids is 2. The van der Waals surface area contributed by atoms with Gasteiger partial charge in [-0.05, 0) is 108 Å². The van der Waals surface area contributed by atoms with E-state index in [9.17, 15) is 19.8 Å². The highest BCUT2D eigenvalue weighted by Gasteiger charge is 2.43. The van der Waals surface area contributed by atoms with Crippen LogP contribution in [0.2, 0.25) is 0 Å². The van der Waals surface area contributed by atoms with Gasteiger partial charge in [-0.3, -0.25) is 29.7 Å². The van der Waals surface area contributed by atoms with Gasteiger partial charge in [-0.2, -0.15) is 0 Å². The van der Waals surface area contributed by atoms with Crippen LogP contribution in [-0.4, -0.2) is 110 Å². The molecule has 328 valence electrons. The number of Topliss-reactive ketones (excluding diaryl/α,β-unsaturated/α-hetero) is 1. The molecule has 1 saturated carbocycles. The van der Waals surface area contributed by atoms with E-state index in [1.54, 1.807) is 24.4 Å². The standard InChI is InChI=1S/C45H65N7O8/c1-28(2)42(39(55)22-32-21-33(53)23-36(32)44(56)59-45(4,5)6)40-24-41(50-60-40)52-18-11-30(12-19-52)27-51-16-13-34(14-17-51)58-29(3)57-20-15-31-25-47-26-37(48-49-43(31)46)35-9-7-8-10-38(35)54/h7-10,24-26,28-30,32-34,36,41-42,48-50,53-54H,11-14,16-19,21-23,27,46H2,1-6H3/t29-,32?,33+,36-,41?,42+/m1/s1. The zero-order valence-electron chi connectivity index (χ0n) is 36.0. The fourth-order valence-electron chi connectivity index (χ4n) is 8.83. The van der Waals surface area contributed by atoms with Crippen molar-refractivity contribution in [1.82, 2.24) is 30.5 Å². The Bertz CT molecular complexity index is 1910. The molecular weight excluding hydrogens is 767 g/mol. The highest BCUT2D eigenvalue weighted by atomic mass is 16.7. The number of nitrogen functional groups attached to an aromatic ring is 1. The first kappa shape index (κ1) is 44.9. The zero-order chi connectivity index (χ0) is 43.0. The van der Waals surface area contributed by atoms with Gasteiger partial charge >= 0.3 is 5.97 Å². The van der Waals surface area contributed by atoms with E-state index >= 15 is 0 Å². The first-order chi connectivity index (χ1) is 28.6. The molecule has 2 unspecified atom stereocenters. The second-order valence-electron chi connectivity index (χ2n) is 18.1. The maximum atomic E-state index is 13.8. The van der Waals surface area contributed by atoms with Crippen molar-refractivity contribution in [2.45, 2.75) is 117 Å². The quantitative estimate of drug-likeness (QED) is 0.0854. The lowest BCUT2D eigenvalue weighted by Gasteiger charge is -2.38. The van der Waals surface area contributed by atoms with Gasteiger partial charge in [0.05, 0.1) is 41.5 Å². The summed E-state index contributed by atoms with van der Waals surface area (Å²) in [6.45, 7) is 16.2. The number of nitrogens with one attached hydrogen (secondary N) is 3. The topological polar surface area (TPSA) is 201 Å². The molecule has 4 aliphatic rings. The third-order valence-corrected chi connectivity index (χ3v) is 11.9. The van der Waals surface area contributed by atoms with Crippen molar-refractivity contribution in [2.75, 3.05) is 38.5 Å². The first-order valence-corrected chi connectivity index (χ1v) is 21.5. The van der Waals surface area contributed by atoms with Gasteiger partial charge in [0, 0.05) is 50.9 Å². The molecule has 1 aliphatic carbocycles. The van der Waals surface area contributed by atoms with Crippen molar-refractivity contribution in [3.63, 3.8) is 0 Å². The predicted molar refractivity (Wildman–Crippen MR) is 226 cm³/mol. The monoisotopic (exact) mass is 831 g/mol. The number of anilines is 1. The number of ether oxygens (including phenoxy) is 3. The van der Waals surface area contributed by atoms with Gasteiger partial charge < -0.3 is 39.9 Å². The van der Waals surface area contributed by atoms with Crippen LogP contribution in [0.5, 0.6) is 5.75 Å². The summed E-state index contributed by atoms with van der Waals surface area (Å²) < 4.78 is 17.5. The van der Waals surface area contributed by atoms with Crippen LogP contribution in [0, 0.1) is 41.6 Å². The van der Waals surface area contributed by atoms with E-state index < -0.39 is 29.8 Å². The fraction of sp³-hybridized carbons (Fsp3) is 0.622. The summed E-state index contributed by atoms with van der Waals surface area (Å²) in [6, 6.07) is 6.93. The van der Waals surface area contributed by atoms with Crippen LogP contribution >= 0.6 is 0 Å². The maximum Gasteiger partial charge on any atom is 0.309 e. The number of esters is 1. The smallest absolute Gasteiger partial charge is 0.309 e. The molecule has 3 fully saturated rings. The Morgan fingerprint density at radius 2 is 1.77 bits per heavy atom. The van der Waals surface area contributed by atoms with E-state index in [-0.39, 0.29) is 53.8 Å². The Morgan fingerprint density at radius 1 is 1.03 bits per heavy atom. The molecule has 6 rings (SSSR count). The molecule has 0 spiro atoms. The average Bonchev–Trinajstić information content (AvgIpc) is 3.81. The zero-order valence-corrected chi connectivity index (χ0v) is 36.0. The van der Waals surface area contributed by atoms with Gasteiger partial charge in [0.15, 0.2) is 0 Å². The number of aromatic hydroxyl groups is 1. The summed E-state index contributed by atoms with van der Waals surface area (Å²) in [5.41, 5.74) is 10.3. The minimum atomic E-state index is -0.627. The number of aliphatic hydroxyl groups is 1. The molecule has 0 amide bonds. The van der Waals surface area contributed by atoms with Crippen LogP contribution in [0.15, 0.2) is 48.5 Å². The molecule has 1 aromatic carbocycles. The molecule has 1 aromatic heterocycles. The Labute approximate surface area is 354 Å². The number of aliphatic hydroxyl groups excluding tert-OH is 1. The second-order valence-corrected chi connectivity index (χ2v) is 18.1. The molecular formula is C45H65N7O8. The number of rotatable bonds is 13. The Kier molecular flexibility index (Phi) is 15.2. The number of para-hydroxylation sites is 1. The number of likely N-dealkylation sites (tertiary alicyclic amines) is 2. The molecule has 2 saturated heterocycles. The number of phenolic OH excluding ortho intramolecular Hbond substituents is 1. The number of nitrogens with two attached hydrogens (primary N) is 1. The van der Waals surface area contributed by atoms with Crippen LogP contribution < -0.4 is 11.2 Å². The van der Waals surface area contributed by atoms with Crippen LogP contribution in [0.1, 0.15) is 92.1 Å². The minimum absolute atomic E-state index is 0.0106. The SMILES string of the molecule is CC(C)[C@@H](C(=O)CC1C[C@H](O)C[C@H]1C(=O)OC(C)(C)C)C1=CC(N2CCC(CN3CCC(O[C@H](C)OC#Cc4cncc(-c5ccccc5O)[nH][nH]c4N)CC3)CC2)NO1. The minimum Gasteiger partial charge on any atom is -0.507 e. The number of carbonyl (C=O) groups is 2. The summed E-state index contributed by atoms with van der Waals surface area (Å²) in [5, 5.41) is 26.4. The number of aromatic nitrogens is 3. The number of nitrogens with zero attached hydrogens (tertiary/aromatic N) is 3. The molecule has 60 heavy (non-hydrogen) atoms. The highest BCUT2D eigenvalue weighted by molar-refractivity contribution is 5.85. The lowest BCUT2D eigenvalue weighted by Crippen LogP contribution is -2.48. The molecule has 4 heterocycles. The number of hydrogen-bond acceptors (Lipinski definition) is 13. The van der Waals surface area contributed by atoms with E-state index in [0.717, 1.165) is 58.4 Å².